The van der Waals surface area contributed by atoms with Gasteiger partial charge in [0, 0.05) is 5.56 Å². The number of hydrogen-bond donors (Lipinski definition) is 1. The van der Waals surface area contributed by atoms with Gasteiger partial charge in [0.1, 0.15) is 0 Å². The summed E-state index contributed by atoms with van der Waals surface area (Å²) in [6.45, 7) is 3.75. The Morgan fingerprint density at radius 1 is 1.25 bits per heavy atom. The third kappa shape index (κ3) is 4.52. The Morgan fingerprint density at radius 3 is 2.40 bits per heavy atom. The van der Waals surface area contributed by atoms with Crippen molar-refractivity contribution >= 4 is 14.0 Å². The summed E-state index contributed by atoms with van der Waals surface area (Å²) in [5.41, 5.74) is 0.597. The molecule has 7 nitrogen and oxygen atoms in total. The lowest BCUT2D eigenvalue weighted by atomic mass is 10.2. The van der Waals surface area contributed by atoms with Crippen molar-refractivity contribution in [3.63, 3.8) is 0 Å². The summed E-state index contributed by atoms with van der Waals surface area (Å²) in [4.78, 5) is 0. The van der Waals surface area contributed by atoms with Crippen LogP contribution in [0.25, 0.3) is 0 Å². The molecule has 1 N–H and O–H groups in total. The van der Waals surface area contributed by atoms with Gasteiger partial charge in [-0.25, -0.2) is 4.57 Å². The summed E-state index contributed by atoms with van der Waals surface area (Å²) < 4.78 is 32.8. The Labute approximate surface area is 117 Å². The van der Waals surface area contributed by atoms with E-state index in [0.29, 0.717) is 11.3 Å². The second-order valence-corrected chi connectivity index (χ2v) is 5.12. The van der Waals surface area contributed by atoms with Gasteiger partial charge < -0.3 is 14.5 Å². The number of rotatable bonds is 8. The van der Waals surface area contributed by atoms with Gasteiger partial charge in [-0.1, -0.05) is 5.16 Å². The molecule has 0 aliphatic carbocycles. The topological polar surface area (TPSA) is 86.6 Å². The Bertz CT molecular complexity index is 495. The normalized spacial score (nSPS) is 11.8. The highest BCUT2D eigenvalue weighted by Gasteiger charge is 2.28. The van der Waals surface area contributed by atoms with Crippen LogP contribution in [0.1, 0.15) is 19.4 Å². The lowest BCUT2D eigenvalue weighted by molar-refractivity contribution is 0.166. The average molecular weight is 303 g/mol. The minimum atomic E-state index is -3.67. The summed E-state index contributed by atoms with van der Waals surface area (Å²) in [7, 11) is -2.24. The third-order valence-corrected chi connectivity index (χ3v) is 3.75. The molecule has 0 aliphatic heterocycles. The smallest absolute Gasteiger partial charge is 0.493 e. The minimum absolute atomic E-state index is 0.189. The molecule has 0 atom stereocenters. The van der Waals surface area contributed by atoms with E-state index in [9.17, 15) is 4.57 Å². The maximum absolute atomic E-state index is 12.3. The number of phosphoric ester groups is 1. The van der Waals surface area contributed by atoms with E-state index in [0.717, 1.165) is 0 Å². The van der Waals surface area contributed by atoms with Gasteiger partial charge in [0.05, 0.1) is 26.5 Å². The third-order valence-electron chi connectivity index (χ3n) is 2.18. The quantitative estimate of drug-likeness (QED) is 0.344. The first-order valence-corrected chi connectivity index (χ1v) is 7.48. The van der Waals surface area contributed by atoms with Crippen LogP contribution in [0.4, 0.5) is 0 Å². The fraction of sp³-hybridized carbons (Fsp3) is 0.417. The number of benzene rings is 1. The molecule has 0 aliphatic rings. The van der Waals surface area contributed by atoms with Crippen molar-refractivity contribution in [3.05, 3.63) is 23.8 Å². The van der Waals surface area contributed by atoms with Crippen molar-refractivity contribution < 1.29 is 28.1 Å². The van der Waals surface area contributed by atoms with Gasteiger partial charge >= 0.3 is 7.82 Å². The van der Waals surface area contributed by atoms with Crippen LogP contribution in [0.3, 0.4) is 0 Å². The summed E-state index contributed by atoms with van der Waals surface area (Å²) >= 11 is 0. The van der Waals surface area contributed by atoms with Gasteiger partial charge in [-0.3, -0.25) is 9.05 Å². The van der Waals surface area contributed by atoms with Crippen molar-refractivity contribution in [2.45, 2.75) is 13.8 Å². The molecule has 0 bridgehead atoms. The summed E-state index contributed by atoms with van der Waals surface area (Å²) in [5.74, 6) is 0.537. The number of phosphoric acid groups is 1. The molecule has 0 fully saturated rings. The predicted octanol–water partition coefficient (Wildman–Crippen LogP) is 3.06. The first kappa shape index (κ1) is 16.5. The maximum atomic E-state index is 12.3. The first-order chi connectivity index (χ1) is 9.58. The van der Waals surface area contributed by atoms with Crippen molar-refractivity contribution in [1.29, 1.82) is 0 Å². The van der Waals surface area contributed by atoms with Crippen LogP contribution in [0.2, 0.25) is 0 Å². The molecule has 0 unspecified atom stereocenters. The highest BCUT2D eigenvalue weighted by Crippen LogP contribution is 2.51. The molecule has 8 heteroatoms. The molecule has 0 amide bonds. The van der Waals surface area contributed by atoms with E-state index in [2.05, 4.69) is 5.16 Å². The molecule has 0 radical (unpaired) electrons. The molecule has 0 saturated heterocycles. The molecular formula is C12H18NO6P. The van der Waals surface area contributed by atoms with Crippen LogP contribution in [0.5, 0.6) is 11.5 Å². The van der Waals surface area contributed by atoms with Crippen molar-refractivity contribution in [1.82, 2.24) is 0 Å². The zero-order chi connectivity index (χ0) is 15.0. The fourth-order valence-corrected chi connectivity index (χ4v) is 2.64. The van der Waals surface area contributed by atoms with E-state index < -0.39 is 7.82 Å². The molecule has 0 spiro atoms. The lowest BCUT2D eigenvalue weighted by Crippen LogP contribution is -2.03. The second kappa shape index (κ2) is 7.89. The van der Waals surface area contributed by atoms with Gasteiger partial charge in [-0.15, -0.1) is 0 Å². The van der Waals surface area contributed by atoms with Crippen LogP contribution in [0.15, 0.2) is 23.4 Å². The standard InChI is InChI=1S/C12H18NO6P/c1-4-17-20(15,18-5-2)19-11-7-6-10(9-13-14)8-12(11)16-3/h6-9,14H,4-5H2,1-3H3/b13-9+. The summed E-state index contributed by atoms with van der Waals surface area (Å²) in [6.07, 6.45) is 1.23. The average Bonchev–Trinajstić information content (AvgIpc) is 2.41. The Kier molecular flexibility index (Phi) is 6.51. The second-order valence-electron chi connectivity index (χ2n) is 3.53. The Morgan fingerprint density at radius 2 is 1.90 bits per heavy atom. The van der Waals surface area contributed by atoms with Crippen molar-refractivity contribution in [2.24, 2.45) is 5.16 Å². The summed E-state index contributed by atoms with van der Waals surface area (Å²) in [6, 6.07) is 4.71. The number of nitrogens with zero attached hydrogens (tertiary/aromatic N) is 1. The molecule has 1 aromatic rings. The molecule has 1 aromatic carbocycles. The number of oxime groups is 1. The molecule has 0 heterocycles. The molecular weight excluding hydrogens is 285 g/mol. The zero-order valence-electron chi connectivity index (χ0n) is 11.6. The highest BCUT2D eigenvalue weighted by molar-refractivity contribution is 7.48. The zero-order valence-corrected chi connectivity index (χ0v) is 12.5. The van der Waals surface area contributed by atoms with E-state index in [-0.39, 0.29) is 19.0 Å². The van der Waals surface area contributed by atoms with E-state index in [1.165, 1.54) is 19.4 Å². The van der Waals surface area contributed by atoms with Gasteiger partial charge in [-0.2, -0.15) is 0 Å². The predicted molar refractivity (Wildman–Crippen MR) is 73.9 cm³/mol. The first-order valence-electron chi connectivity index (χ1n) is 6.02. The van der Waals surface area contributed by atoms with Crippen molar-refractivity contribution in [2.75, 3.05) is 20.3 Å². The molecule has 112 valence electrons. The SMILES string of the molecule is CCOP(=O)(OCC)Oc1ccc(/C=N/O)cc1OC. The maximum Gasteiger partial charge on any atom is 0.530 e. The van der Waals surface area contributed by atoms with Crippen LogP contribution >= 0.6 is 7.82 Å². The van der Waals surface area contributed by atoms with Crippen LogP contribution in [-0.4, -0.2) is 31.7 Å². The summed E-state index contributed by atoms with van der Waals surface area (Å²) in [5, 5.41) is 11.4. The van der Waals surface area contributed by atoms with Crippen LogP contribution < -0.4 is 9.26 Å². The van der Waals surface area contributed by atoms with Crippen LogP contribution in [0, 0.1) is 0 Å². The molecule has 1 rings (SSSR count). The molecule has 0 aromatic heterocycles. The number of ether oxygens (including phenoxy) is 1. The van der Waals surface area contributed by atoms with Gasteiger partial charge in [0.15, 0.2) is 11.5 Å². The van der Waals surface area contributed by atoms with Crippen molar-refractivity contribution in [3.8, 4) is 11.5 Å². The minimum Gasteiger partial charge on any atom is -0.493 e. The number of hydrogen-bond acceptors (Lipinski definition) is 7. The number of methoxy groups -OCH3 is 1. The Hall–Kier alpha value is -1.56. The van der Waals surface area contributed by atoms with E-state index in [1.54, 1.807) is 26.0 Å². The van der Waals surface area contributed by atoms with Gasteiger partial charge in [0.25, 0.3) is 0 Å². The molecule has 0 saturated carbocycles. The lowest BCUT2D eigenvalue weighted by Gasteiger charge is -2.18. The Balaban J connectivity index is 3.03. The fourth-order valence-electron chi connectivity index (χ4n) is 1.43. The van der Waals surface area contributed by atoms with Gasteiger partial charge in [0.2, 0.25) is 0 Å². The largest absolute Gasteiger partial charge is 0.530 e. The van der Waals surface area contributed by atoms with E-state index in [4.69, 9.17) is 23.5 Å². The highest BCUT2D eigenvalue weighted by atomic mass is 31.2. The molecule has 20 heavy (non-hydrogen) atoms. The van der Waals surface area contributed by atoms with Crippen LogP contribution in [-0.2, 0) is 13.6 Å². The van der Waals surface area contributed by atoms with Gasteiger partial charge in [-0.05, 0) is 32.0 Å². The monoisotopic (exact) mass is 303 g/mol. The van der Waals surface area contributed by atoms with E-state index >= 15 is 0 Å². The van der Waals surface area contributed by atoms with E-state index in [1.807, 2.05) is 0 Å².